The number of carbonyl (C=O) groups is 1. The minimum absolute atomic E-state index is 0.158. The van der Waals surface area contributed by atoms with Gasteiger partial charge in [0, 0.05) is 6.04 Å². The highest BCUT2D eigenvalue weighted by Gasteiger charge is 2.11. The average Bonchev–Trinajstić information content (AvgIpc) is 2.28. The van der Waals surface area contributed by atoms with Gasteiger partial charge in [-0.05, 0) is 31.4 Å². The smallest absolute Gasteiger partial charge is 0.270 e. The maximum atomic E-state index is 11.9. The van der Waals surface area contributed by atoms with Gasteiger partial charge >= 0.3 is 0 Å². The molecule has 1 aromatic rings. The van der Waals surface area contributed by atoms with Crippen LogP contribution in [0.25, 0.3) is 0 Å². The van der Waals surface area contributed by atoms with E-state index in [-0.39, 0.29) is 11.9 Å². The predicted octanol–water partition coefficient (Wildman–Crippen LogP) is 3.68. The molecule has 0 fully saturated rings. The maximum absolute atomic E-state index is 11.9. The number of carbonyl (C=O) groups excluding carboxylic acids is 1. The van der Waals surface area contributed by atoms with Crippen LogP contribution in [0.1, 0.15) is 50.5 Å². The van der Waals surface area contributed by atoms with Crippen LogP contribution in [0.4, 0.5) is 0 Å². The third-order valence-electron chi connectivity index (χ3n) is 2.74. The van der Waals surface area contributed by atoms with Gasteiger partial charge in [-0.3, -0.25) is 4.79 Å². The molecular weight excluding hydrogens is 248 g/mol. The van der Waals surface area contributed by atoms with E-state index in [0.29, 0.717) is 16.8 Å². The SMILES string of the molecule is CC(C)CCCC(C)NC(=O)c1cccc(Cl)n1. The van der Waals surface area contributed by atoms with Crippen LogP contribution < -0.4 is 5.32 Å². The van der Waals surface area contributed by atoms with Gasteiger partial charge in [0.2, 0.25) is 0 Å². The Morgan fingerprint density at radius 2 is 2.06 bits per heavy atom. The number of nitrogens with one attached hydrogen (secondary N) is 1. The van der Waals surface area contributed by atoms with Gasteiger partial charge in [0.15, 0.2) is 0 Å². The number of hydrogen-bond donors (Lipinski definition) is 1. The van der Waals surface area contributed by atoms with Gasteiger partial charge in [-0.15, -0.1) is 0 Å². The zero-order valence-corrected chi connectivity index (χ0v) is 12.0. The van der Waals surface area contributed by atoms with Crippen molar-refractivity contribution in [3.05, 3.63) is 29.0 Å². The van der Waals surface area contributed by atoms with Gasteiger partial charge in [0.05, 0.1) is 0 Å². The first kappa shape index (κ1) is 15.0. The van der Waals surface area contributed by atoms with Crippen molar-refractivity contribution in [3.63, 3.8) is 0 Å². The molecule has 18 heavy (non-hydrogen) atoms. The van der Waals surface area contributed by atoms with Crippen LogP contribution in [0.3, 0.4) is 0 Å². The molecule has 0 aliphatic rings. The molecule has 0 saturated heterocycles. The third-order valence-corrected chi connectivity index (χ3v) is 2.95. The van der Waals surface area contributed by atoms with E-state index < -0.39 is 0 Å². The quantitative estimate of drug-likeness (QED) is 0.800. The minimum Gasteiger partial charge on any atom is -0.348 e. The van der Waals surface area contributed by atoms with Crippen molar-refractivity contribution in [2.45, 2.75) is 46.1 Å². The number of rotatable bonds is 6. The lowest BCUT2D eigenvalue weighted by Gasteiger charge is -2.14. The van der Waals surface area contributed by atoms with Crippen molar-refractivity contribution in [1.29, 1.82) is 0 Å². The van der Waals surface area contributed by atoms with E-state index in [2.05, 4.69) is 24.1 Å². The molecule has 0 aromatic carbocycles. The molecule has 1 amide bonds. The summed E-state index contributed by atoms with van der Waals surface area (Å²) < 4.78 is 0. The van der Waals surface area contributed by atoms with E-state index in [4.69, 9.17) is 11.6 Å². The Bertz CT molecular complexity index is 393. The van der Waals surface area contributed by atoms with Gasteiger partial charge < -0.3 is 5.32 Å². The van der Waals surface area contributed by atoms with Crippen molar-refractivity contribution < 1.29 is 4.79 Å². The molecule has 0 radical (unpaired) electrons. The van der Waals surface area contributed by atoms with Crippen molar-refractivity contribution in [2.24, 2.45) is 5.92 Å². The molecule has 0 aliphatic carbocycles. The van der Waals surface area contributed by atoms with Crippen LogP contribution in [-0.4, -0.2) is 16.9 Å². The normalized spacial score (nSPS) is 12.5. The Labute approximate surface area is 114 Å². The predicted molar refractivity (Wildman–Crippen MR) is 74.9 cm³/mol. The summed E-state index contributed by atoms with van der Waals surface area (Å²) in [5, 5.41) is 3.28. The van der Waals surface area contributed by atoms with Crippen LogP contribution in [0, 0.1) is 5.92 Å². The molecule has 0 spiro atoms. The standard InChI is InChI=1S/C14H21ClN2O/c1-10(2)6-4-7-11(3)16-14(18)12-8-5-9-13(15)17-12/h5,8-11H,4,6-7H2,1-3H3,(H,16,18). The van der Waals surface area contributed by atoms with Crippen LogP contribution in [-0.2, 0) is 0 Å². The number of aromatic nitrogens is 1. The Balaban J connectivity index is 2.40. The molecule has 1 N–H and O–H groups in total. The lowest BCUT2D eigenvalue weighted by molar-refractivity contribution is 0.0932. The van der Waals surface area contributed by atoms with Crippen LogP contribution in [0.2, 0.25) is 5.15 Å². The summed E-state index contributed by atoms with van der Waals surface area (Å²) in [5.41, 5.74) is 0.373. The fourth-order valence-electron chi connectivity index (χ4n) is 1.74. The zero-order chi connectivity index (χ0) is 13.5. The molecule has 1 atom stereocenters. The molecule has 0 bridgehead atoms. The lowest BCUT2D eigenvalue weighted by Crippen LogP contribution is -2.33. The van der Waals surface area contributed by atoms with Gasteiger partial charge in [0.1, 0.15) is 10.8 Å². The van der Waals surface area contributed by atoms with Crippen molar-refractivity contribution in [3.8, 4) is 0 Å². The average molecular weight is 269 g/mol. The Kier molecular flexibility index (Phi) is 6.13. The fourth-order valence-corrected chi connectivity index (χ4v) is 1.90. The molecule has 1 unspecified atom stereocenters. The van der Waals surface area contributed by atoms with Gasteiger partial charge in [-0.1, -0.05) is 44.4 Å². The molecule has 0 saturated carbocycles. The first-order valence-corrected chi connectivity index (χ1v) is 6.80. The molecule has 100 valence electrons. The summed E-state index contributed by atoms with van der Waals surface area (Å²) in [7, 11) is 0. The lowest BCUT2D eigenvalue weighted by atomic mass is 10.0. The van der Waals surface area contributed by atoms with Crippen molar-refractivity contribution >= 4 is 17.5 Å². The van der Waals surface area contributed by atoms with Gasteiger partial charge in [-0.2, -0.15) is 0 Å². The second kappa shape index (κ2) is 7.37. The van der Waals surface area contributed by atoms with Crippen molar-refractivity contribution in [1.82, 2.24) is 10.3 Å². The monoisotopic (exact) mass is 268 g/mol. The number of hydrogen-bond acceptors (Lipinski definition) is 2. The van der Waals surface area contributed by atoms with E-state index in [0.717, 1.165) is 12.8 Å². The topological polar surface area (TPSA) is 42.0 Å². The minimum atomic E-state index is -0.158. The highest BCUT2D eigenvalue weighted by atomic mass is 35.5. The van der Waals surface area contributed by atoms with Crippen LogP contribution in [0.15, 0.2) is 18.2 Å². The van der Waals surface area contributed by atoms with Gasteiger partial charge in [0.25, 0.3) is 5.91 Å². The summed E-state index contributed by atoms with van der Waals surface area (Å²) in [4.78, 5) is 15.9. The maximum Gasteiger partial charge on any atom is 0.270 e. The highest BCUT2D eigenvalue weighted by Crippen LogP contribution is 2.09. The molecule has 1 heterocycles. The molecule has 0 aliphatic heterocycles. The van der Waals surface area contributed by atoms with E-state index in [9.17, 15) is 4.79 Å². The van der Waals surface area contributed by atoms with Crippen molar-refractivity contribution in [2.75, 3.05) is 0 Å². The van der Waals surface area contributed by atoms with Crippen LogP contribution >= 0.6 is 11.6 Å². The summed E-state index contributed by atoms with van der Waals surface area (Å²) in [6.07, 6.45) is 3.31. The van der Waals surface area contributed by atoms with Gasteiger partial charge in [-0.25, -0.2) is 4.98 Å². The molecule has 4 heteroatoms. The summed E-state index contributed by atoms with van der Waals surface area (Å²) in [5.74, 6) is 0.553. The summed E-state index contributed by atoms with van der Waals surface area (Å²) in [6, 6.07) is 5.22. The van der Waals surface area contributed by atoms with E-state index >= 15 is 0 Å². The second-order valence-corrected chi connectivity index (χ2v) is 5.43. The Morgan fingerprint density at radius 1 is 1.33 bits per heavy atom. The number of amides is 1. The summed E-state index contributed by atoms with van der Waals surface area (Å²) in [6.45, 7) is 6.43. The Morgan fingerprint density at radius 3 is 2.67 bits per heavy atom. The Hall–Kier alpha value is -1.09. The fraction of sp³-hybridized carbons (Fsp3) is 0.571. The highest BCUT2D eigenvalue weighted by molar-refractivity contribution is 6.29. The zero-order valence-electron chi connectivity index (χ0n) is 11.2. The molecule has 1 rings (SSSR count). The first-order chi connectivity index (χ1) is 8.49. The van der Waals surface area contributed by atoms with E-state index in [1.54, 1.807) is 18.2 Å². The number of pyridine rings is 1. The van der Waals surface area contributed by atoms with Crippen LogP contribution in [0.5, 0.6) is 0 Å². The van der Waals surface area contributed by atoms with E-state index in [1.807, 2.05) is 6.92 Å². The molecular formula is C14H21ClN2O. The second-order valence-electron chi connectivity index (χ2n) is 5.04. The number of nitrogens with zero attached hydrogens (tertiary/aromatic N) is 1. The summed E-state index contributed by atoms with van der Waals surface area (Å²) >= 11 is 5.75. The largest absolute Gasteiger partial charge is 0.348 e. The number of halogens is 1. The third kappa shape index (κ3) is 5.50. The first-order valence-electron chi connectivity index (χ1n) is 6.42. The molecule has 3 nitrogen and oxygen atoms in total. The van der Waals surface area contributed by atoms with E-state index in [1.165, 1.54) is 6.42 Å². The molecule has 1 aromatic heterocycles.